The Labute approximate surface area is 188 Å². The molecule has 0 spiro atoms. The summed E-state index contributed by atoms with van der Waals surface area (Å²) in [6.45, 7) is 4.54. The van der Waals surface area contributed by atoms with Crippen LogP contribution in [0.1, 0.15) is 52.5 Å². The first-order valence-corrected chi connectivity index (χ1v) is 11.3. The Hall–Kier alpha value is -3.19. The molecule has 0 radical (unpaired) electrons. The largest absolute Gasteiger partial charge is 0.382 e. The normalized spacial score (nSPS) is 17.7. The first-order chi connectivity index (χ1) is 15.6. The van der Waals surface area contributed by atoms with Crippen LogP contribution in [-0.2, 0) is 16.1 Å². The number of carbonyl (C=O) groups is 3. The van der Waals surface area contributed by atoms with Crippen LogP contribution in [0.2, 0.25) is 0 Å². The van der Waals surface area contributed by atoms with Crippen LogP contribution in [0.25, 0.3) is 0 Å². The maximum Gasteiger partial charge on any atom is 0.256 e. The fraction of sp³-hybridized carbons (Fsp3) is 0.400. The van der Waals surface area contributed by atoms with Crippen molar-refractivity contribution in [2.45, 2.75) is 38.8 Å². The topological polar surface area (TPSA) is 79.0 Å². The lowest BCUT2D eigenvalue weighted by atomic mass is 10.0. The number of ether oxygens (including phenoxy) is 1. The highest BCUT2D eigenvalue weighted by atomic mass is 16.5. The Kier molecular flexibility index (Phi) is 6.85. The second-order valence-corrected chi connectivity index (χ2v) is 8.06. The van der Waals surface area contributed by atoms with Gasteiger partial charge in [0.2, 0.25) is 5.91 Å². The van der Waals surface area contributed by atoms with Gasteiger partial charge in [-0.1, -0.05) is 30.3 Å². The predicted octanol–water partition coefficient (Wildman–Crippen LogP) is 2.99. The summed E-state index contributed by atoms with van der Waals surface area (Å²) in [7, 11) is 0. The molecule has 7 heteroatoms. The summed E-state index contributed by atoms with van der Waals surface area (Å²) < 4.78 is 5.32. The van der Waals surface area contributed by atoms with E-state index >= 15 is 0 Å². The first kappa shape index (κ1) is 22.0. The molecule has 2 heterocycles. The molecule has 7 nitrogen and oxygen atoms in total. The smallest absolute Gasteiger partial charge is 0.256 e. The third-order valence-electron chi connectivity index (χ3n) is 6.04. The zero-order chi connectivity index (χ0) is 22.5. The van der Waals surface area contributed by atoms with Crippen molar-refractivity contribution in [3.05, 3.63) is 65.2 Å². The Morgan fingerprint density at radius 1 is 1.12 bits per heavy atom. The Balaban J connectivity index is 1.59. The lowest BCUT2D eigenvalue weighted by Crippen LogP contribution is -2.44. The highest BCUT2D eigenvalue weighted by Gasteiger charge is 2.42. The van der Waals surface area contributed by atoms with Crippen LogP contribution in [0.3, 0.4) is 0 Å². The number of anilines is 1. The molecule has 1 atom stereocenters. The molecule has 0 aromatic heterocycles. The minimum Gasteiger partial charge on any atom is -0.382 e. The molecule has 0 bridgehead atoms. The number of carbonyl (C=O) groups excluding carboxylic acids is 3. The van der Waals surface area contributed by atoms with E-state index in [1.54, 1.807) is 21.9 Å². The van der Waals surface area contributed by atoms with Gasteiger partial charge in [0, 0.05) is 31.9 Å². The van der Waals surface area contributed by atoms with Crippen LogP contribution in [0.4, 0.5) is 5.69 Å². The average Bonchev–Trinajstić information content (AvgIpc) is 3.29. The third kappa shape index (κ3) is 4.39. The summed E-state index contributed by atoms with van der Waals surface area (Å²) in [5, 5.41) is 2.94. The van der Waals surface area contributed by atoms with E-state index in [4.69, 9.17) is 4.74 Å². The third-order valence-corrected chi connectivity index (χ3v) is 6.04. The van der Waals surface area contributed by atoms with Crippen LogP contribution in [0, 0.1) is 0 Å². The molecule has 2 aromatic rings. The van der Waals surface area contributed by atoms with Gasteiger partial charge in [0.25, 0.3) is 11.8 Å². The molecule has 2 aliphatic rings. The summed E-state index contributed by atoms with van der Waals surface area (Å²) in [5.74, 6) is -0.363. The van der Waals surface area contributed by atoms with E-state index < -0.39 is 6.04 Å². The Bertz CT molecular complexity index is 1010. The summed E-state index contributed by atoms with van der Waals surface area (Å²) >= 11 is 0. The molecule has 4 rings (SSSR count). The molecule has 2 aliphatic heterocycles. The fourth-order valence-electron chi connectivity index (χ4n) is 4.44. The number of nitrogens with one attached hydrogen (secondary N) is 1. The lowest BCUT2D eigenvalue weighted by molar-refractivity contribution is -0.122. The van der Waals surface area contributed by atoms with Crippen LogP contribution < -0.4 is 10.2 Å². The lowest BCUT2D eigenvalue weighted by Gasteiger charge is -2.26. The number of para-hydroxylation sites is 1. The quantitative estimate of drug-likeness (QED) is 0.647. The van der Waals surface area contributed by atoms with Crippen LogP contribution in [-0.4, -0.2) is 55.0 Å². The highest BCUT2D eigenvalue weighted by Crippen LogP contribution is 2.33. The predicted molar refractivity (Wildman–Crippen MR) is 122 cm³/mol. The van der Waals surface area contributed by atoms with Gasteiger partial charge in [-0.05, 0) is 49.9 Å². The minimum absolute atomic E-state index is 0.0901. The number of benzene rings is 2. The zero-order valence-electron chi connectivity index (χ0n) is 18.4. The Morgan fingerprint density at radius 2 is 1.91 bits per heavy atom. The fourth-order valence-corrected chi connectivity index (χ4v) is 4.44. The SMILES string of the molecule is CCOCCCNC(=O)c1ccccc1CN1C(=O)[C@H]2CCCN2C(=O)c2ccccc21. The molecular formula is C25H29N3O4. The monoisotopic (exact) mass is 435 g/mol. The number of hydrogen-bond acceptors (Lipinski definition) is 4. The van der Waals surface area contributed by atoms with Gasteiger partial charge in [0.05, 0.1) is 17.8 Å². The van der Waals surface area contributed by atoms with Crippen molar-refractivity contribution < 1.29 is 19.1 Å². The number of fused-ring (bicyclic) bond motifs is 2. The van der Waals surface area contributed by atoms with Crippen molar-refractivity contribution in [1.82, 2.24) is 10.2 Å². The molecule has 32 heavy (non-hydrogen) atoms. The maximum atomic E-state index is 13.5. The first-order valence-electron chi connectivity index (χ1n) is 11.3. The van der Waals surface area contributed by atoms with E-state index in [9.17, 15) is 14.4 Å². The number of nitrogens with zero attached hydrogens (tertiary/aromatic N) is 2. The zero-order valence-corrected chi connectivity index (χ0v) is 18.4. The van der Waals surface area contributed by atoms with E-state index in [2.05, 4.69) is 5.32 Å². The van der Waals surface area contributed by atoms with Crippen molar-refractivity contribution in [3.8, 4) is 0 Å². The maximum absolute atomic E-state index is 13.5. The van der Waals surface area contributed by atoms with Crippen molar-refractivity contribution in [2.24, 2.45) is 0 Å². The van der Waals surface area contributed by atoms with Gasteiger partial charge in [-0.2, -0.15) is 0 Å². The number of rotatable bonds is 8. The summed E-state index contributed by atoms with van der Waals surface area (Å²) in [6.07, 6.45) is 2.22. The molecule has 1 N–H and O–H groups in total. The number of amides is 3. The van der Waals surface area contributed by atoms with Crippen molar-refractivity contribution in [3.63, 3.8) is 0 Å². The van der Waals surface area contributed by atoms with Gasteiger partial charge in [-0.25, -0.2) is 0 Å². The van der Waals surface area contributed by atoms with E-state index in [0.29, 0.717) is 49.5 Å². The molecular weight excluding hydrogens is 406 g/mol. The molecule has 2 aromatic carbocycles. The van der Waals surface area contributed by atoms with Crippen molar-refractivity contribution in [1.29, 1.82) is 0 Å². The van der Waals surface area contributed by atoms with Crippen LogP contribution in [0.5, 0.6) is 0 Å². The average molecular weight is 436 g/mol. The van der Waals surface area contributed by atoms with Gasteiger partial charge in [0.1, 0.15) is 6.04 Å². The molecule has 3 amide bonds. The second-order valence-electron chi connectivity index (χ2n) is 8.06. The van der Waals surface area contributed by atoms with Gasteiger partial charge in [-0.3, -0.25) is 14.4 Å². The second kappa shape index (κ2) is 9.96. The summed E-state index contributed by atoms with van der Waals surface area (Å²) in [4.78, 5) is 42.8. The standard InChI is InChI=1S/C25H29N3O4/c1-2-32-16-8-14-26-23(29)19-10-4-3-9-18(19)17-28-21-12-6-5-11-20(21)24(30)27-15-7-13-22(27)25(28)31/h3-6,9-12,22H,2,7-8,13-17H2,1H3,(H,26,29)/t22-/m1/s1. The molecule has 168 valence electrons. The van der Waals surface area contributed by atoms with E-state index in [-0.39, 0.29) is 24.3 Å². The van der Waals surface area contributed by atoms with Gasteiger partial charge < -0.3 is 19.9 Å². The molecule has 0 saturated carbocycles. The molecule has 1 saturated heterocycles. The van der Waals surface area contributed by atoms with Crippen molar-refractivity contribution in [2.75, 3.05) is 31.2 Å². The molecule has 0 aliphatic carbocycles. The van der Waals surface area contributed by atoms with Gasteiger partial charge in [-0.15, -0.1) is 0 Å². The van der Waals surface area contributed by atoms with Crippen LogP contribution >= 0.6 is 0 Å². The van der Waals surface area contributed by atoms with Crippen molar-refractivity contribution >= 4 is 23.4 Å². The van der Waals surface area contributed by atoms with Gasteiger partial charge >= 0.3 is 0 Å². The molecule has 1 fully saturated rings. The van der Waals surface area contributed by atoms with E-state index in [0.717, 1.165) is 18.4 Å². The van der Waals surface area contributed by atoms with Gasteiger partial charge in [0.15, 0.2) is 0 Å². The van der Waals surface area contributed by atoms with E-state index in [1.807, 2.05) is 43.3 Å². The molecule has 0 unspecified atom stereocenters. The summed E-state index contributed by atoms with van der Waals surface area (Å²) in [6, 6.07) is 14.1. The summed E-state index contributed by atoms with van der Waals surface area (Å²) in [5.41, 5.74) is 2.41. The Morgan fingerprint density at radius 3 is 2.75 bits per heavy atom. The van der Waals surface area contributed by atoms with Crippen LogP contribution in [0.15, 0.2) is 48.5 Å². The minimum atomic E-state index is -0.450. The highest BCUT2D eigenvalue weighted by molar-refractivity contribution is 6.11. The van der Waals surface area contributed by atoms with E-state index in [1.165, 1.54) is 0 Å². The number of hydrogen-bond donors (Lipinski definition) is 1.